The van der Waals surface area contributed by atoms with Crippen LogP contribution in [-0.2, 0) is 9.59 Å². The number of hydrogen-bond acceptors (Lipinski definition) is 3. The molecule has 0 aromatic heterocycles. The van der Waals surface area contributed by atoms with Gasteiger partial charge < -0.3 is 9.80 Å². The zero-order chi connectivity index (χ0) is 16.8. The molecular formula is C19H34N2O2. The first-order chi connectivity index (χ1) is 11.0. The van der Waals surface area contributed by atoms with Gasteiger partial charge in [0.05, 0.1) is 0 Å². The summed E-state index contributed by atoms with van der Waals surface area (Å²) in [4.78, 5) is 28.3. The Labute approximate surface area is 141 Å². The van der Waals surface area contributed by atoms with Crippen molar-refractivity contribution < 1.29 is 9.59 Å². The average molecular weight is 322 g/mol. The molecule has 2 saturated heterocycles. The van der Waals surface area contributed by atoms with Crippen LogP contribution < -0.4 is 0 Å². The van der Waals surface area contributed by atoms with Crippen molar-refractivity contribution in [3.05, 3.63) is 0 Å². The number of carbonyl (C=O) groups is 2. The maximum Gasteiger partial charge on any atom is 0.222 e. The van der Waals surface area contributed by atoms with E-state index in [1.54, 1.807) is 6.92 Å². The molecule has 0 unspecified atom stereocenters. The Morgan fingerprint density at radius 1 is 1.00 bits per heavy atom. The molecular weight excluding hydrogens is 288 g/mol. The van der Waals surface area contributed by atoms with E-state index in [-0.39, 0.29) is 5.92 Å². The molecule has 1 amide bonds. The van der Waals surface area contributed by atoms with Gasteiger partial charge in [0.25, 0.3) is 0 Å². The van der Waals surface area contributed by atoms with E-state index in [9.17, 15) is 9.59 Å². The van der Waals surface area contributed by atoms with Gasteiger partial charge in [0.2, 0.25) is 5.91 Å². The molecule has 0 N–H and O–H groups in total. The van der Waals surface area contributed by atoms with Gasteiger partial charge in [0.15, 0.2) is 0 Å². The fraction of sp³-hybridized carbons (Fsp3) is 0.895. The number of carbonyl (C=O) groups excluding carboxylic acids is 2. The number of rotatable bonds is 6. The smallest absolute Gasteiger partial charge is 0.222 e. The third-order valence-corrected chi connectivity index (χ3v) is 5.61. The number of nitrogens with zero attached hydrogens (tertiary/aromatic N) is 2. The molecule has 0 aromatic rings. The van der Waals surface area contributed by atoms with Gasteiger partial charge >= 0.3 is 0 Å². The Bertz CT molecular complexity index is 392. The zero-order valence-electron chi connectivity index (χ0n) is 15.2. The molecule has 2 fully saturated rings. The normalized spacial score (nSPS) is 21.8. The Balaban J connectivity index is 1.68. The number of amides is 1. The lowest BCUT2D eigenvalue weighted by molar-refractivity contribution is -0.133. The minimum atomic E-state index is 0.286. The molecule has 0 spiro atoms. The number of ketones is 1. The molecule has 132 valence electrons. The molecule has 2 aliphatic heterocycles. The summed E-state index contributed by atoms with van der Waals surface area (Å²) in [6.07, 6.45) is 7.11. The Hall–Kier alpha value is -0.900. The summed E-state index contributed by atoms with van der Waals surface area (Å²) in [5.41, 5.74) is 0. The van der Waals surface area contributed by atoms with Crippen molar-refractivity contribution in [2.24, 2.45) is 11.8 Å². The maximum atomic E-state index is 12.3. The SMILES string of the molecule is CC(=O)C1CCN(C2CCN(C(=O)CCCC(C)C)CC2)CC1. The molecule has 0 aromatic carbocycles. The quantitative estimate of drug-likeness (QED) is 0.754. The van der Waals surface area contributed by atoms with Crippen LogP contribution in [0.15, 0.2) is 0 Å². The molecule has 2 rings (SSSR count). The van der Waals surface area contributed by atoms with E-state index in [2.05, 4.69) is 23.6 Å². The number of piperidine rings is 2. The summed E-state index contributed by atoms with van der Waals surface area (Å²) < 4.78 is 0. The largest absolute Gasteiger partial charge is 0.343 e. The topological polar surface area (TPSA) is 40.6 Å². The fourth-order valence-electron chi connectivity index (χ4n) is 3.97. The average Bonchev–Trinajstić information content (AvgIpc) is 2.54. The van der Waals surface area contributed by atoms with Crippen molar-refractivity contribution in [3.63, 3.8) is 0 Å². The minimum absolute atomic E-state index is 0.286. The van der Waals surface area contributed by atoms with Crippen LogP contribution in [0.1, 0.15) is 65.7 Å². The lowest BCUT2D eigenvalue weighted by Gasteiger charge is -2.41. The molecule has 2 heterocycles. The molecule has 4 nitrogen and oxygen atoms in total. The number of likely N-dealkylation sites (tertiary alicyclic amines) is 2. The van der Waals surface area contributed by atoms with Gasteiger partial charge in [-0.25, -0.2) is 0 Å². The Morgan fingerprint density at radius 2 is 1.61 bits per heavy atom. The van der Waals surface area contributed by atoms with Gasteiger partial charge in [0.1, 0.15) is 5.78 Å². The maximum absolute atomic E-state index is 12.3. The van der Waals surface area contributed by atoms with Crippen LogP contribution in [0.4, 0.5) is 0 Å². The lowest BCUT2D eigenvalue weighted by Crippen LogP contribution is -2.49. The van der Waals surface area contributed by atoms with E-state index in [4.69, 9.17) is 0 Å². The van der Waals surface area contributed by atoms with Crippen molar-refractivity contribution in [3.8, 4) is 0 Å². The minimum Gasteiger partial charge on any atom is -0.343 e. The molecule has 0 atom stereocenters. The van der Waals surface area contributed by atoms with Gasteiger partial charge in [-0.1, -0.05) is 20.3 Å². The molecule has 0 saturated carbocycles. The molecule has 2 aliphatic rings. The van der Waals surface area contributed by atoms with Crippen LogP contribution in [0.25, 0.3) is 0 Å². The first-order valence-electron chi connectivity index (χ1n) is 9.49. The summed E-state index contributed by atoms with van der Waals surface area (Å²) in [5, 5.41) is 0. The molecule has 0 radical (unpaired) electrons. The van der Waals surface area contributed by atoms with E-state index >= 15 is 0 Å². The standard InChI is InChI=1S/C19H34N2O2/c1-15(2)5-4-6-19(23)21-13-9-18(10-14-21)20-11-7-17(8-12-20)16(3)22/h15,17-18H,4-14H2,1-3H3. The summed E-state index contributed by atoms with van der Waals surface area (Å²) in [5.74, 6) is 1.67. The van der Waals surface area contributed by atoms with Gasteiger partial charge in [-0.3, -0.25) is 9.59 Å². The summed E-state index contributed by atoms with van der Waals surface area (Å²) in [6, 6.07) is 0.614. The highest BCUT2D eigenvalue weighted by atomic mass is 16.2. The highest BCUT2D eigenvalue weighted by molar-refractivity contribution is 5.78. The van der Waals surface area contributed by atoms with Crippen molar-refractivity contribution in [2.45, 2.75) is 71.8 Å². The Kier molecular flexibility index (Phi) is 7.07. The van der Waals surface area contributed by atoms with Crippen LogP contribution >= 0.6 is 0 Å². The monoisotopic (exact) mass is 322 g/mol. The molecule has 4 heteroatoms. The Morgan fingerprint density at radius 3 is 2.13 bits per heavy atom. The third kappa shape index (κ3) is 5.59. The lowest BCUT2D eigenvalue weighted by atomic mass is 9.91. The summed E-state index contributed by atoms with van der Waals surface area (Å²) in [6.45, 7) is 10.1. The first-order valence-corrected chi connectivity index (χ1v) is 9.49. The van der Waals surface area contributed by atoms with E-state index in [0.717, 1.165) is 64.7 Å². The number of hydrogen-bond donors (Lipinski definition) is 0. The van der Waals surface area contributed by atoms with Gasteiger partial charge in [0, 0.05) is 31.5 Å². The second kappa shape index (κ2) is 8.81. The zero-order valence-corrected chi connectivity index (χ0v) is 15.2. The van der Waals surface area contributed by atoms with Crippen molar-refractivity contribution in [2.75, 3.05) is 26.2 Å². The van der Waals surface area contributed by atoms with Crippen LogP contribution in [0.5, 0.6) is 0 Å². The highest BCUT2D eigenvalue weighted by Gasteiger charge is 2.30. The number of Topliss-reactive ketones (excluding diaryl/α,β-unsaturated/α-hetero) is 1. The molecule has 0 bridgehead atoms. The predicted octanol–water partition coefficient (Wildman–Crippen LogP) is 3.10. The van der Waals surface area contributed by atoms with Gasteiger partial charge in [-0.05, 0) is 58.0 Å². The third-order valence-electron chi connectivity index (χ3n) is 5.61. The van der Waals surface area contributed by atoms with E-state index in [0.29, 0.717) is 30.1 Å². The second-order valence-electron chi connectivity index (χ2n) is 7.82. The molecule has 23 heavy (non-hydrogen) atoms. The second-order valence-corrected chi connectivity index (χ2v) is 7.82. The fourth-order valence-corrected chi connectivity index (χ4v) is 3.97. The van der Waals surface area contributed by atoms with E-state index < -0.39 is 0 Å². The van der Waals surface area contributed by atoms with Gasteiger partial charge in [-0.2, -0.15) is 0 Å². The van der Waals surface area contributed by atoms with Crippen molar-refractivity contribution in [1.82, 2.24) is 9.80 Å². The highest BCUT2D eigenvalue weighted by Crippen LogP contribution is 2.24. The first kappa shape index (κ1) is 18.4. The predicted molar refractivity (Wildman–Crippen MR) is 93.3 cm³/mol. The van der Waals surface area contributed by atoms with E-state index in [1.807, 2.05) is 0 Å². The summed E-state index contributed by atoms with van der Waals surface area (Å²) >= 11 is 0. The summed E-state index contributed by atoms with van der Waals surface area (Å²) in [7, 11) is 0. The van der Waals surface area contributed by atoms with Gasteiger partial charge in [-0.15, -0.1) is 0 Å². The molecule has 0 aliphatic carbocycles. The van der Waals surface area contributed by atoms with Crippen molar-refractivity contribution in [1.29, 1.82) is 0 Å². The van der Waals surface area contributed by atoms with Crippen molar-refractivity contribution >= 4 is 11.7 Å². The van der Waals surface area contributed by atoms with Crippen LogP contribution in [0.2, 0.25) is 0 Å². The van der Waals surface area contributed by atoms with E-state index in [1.165, 1.54) is 0 Å². The van der Waals surface area contributed by atoms with Crippen LogP contribution in [0, 0.1) is 11.8 Å². The van der Waals surface area contributed by atoms with Crippen LogP contribution in [0.3, 0.4) is 0 Å². The van der Waals surface area contributed by atoms with Crippen LogP contribution in [-0.4, -0.2) is 53.7 Å².